The van der Waals surface area contributed by atoms with Gasteiger partial charge in [-0.15, -0.1) is 0 Å². The molecule has 3 aromatic heterocycles. The van der Waals surface area contributed by atoms with Gasteiger partial charge in [-0.25, -0.2) is 9.67 Å². The van der Waals surface area contributed by atoms with Crippen molar-refractivity contribution in [3.05, 3.63) is 60.6 Å². The quantitative estimate of drug-likeness (QED) is 0.218. The van der Waals surface area contributed by atoms with Crippen LogP contribution in [0.5, 0.6) is 11.6 Å². The summed E-state index contributed by atoms with van der Waals surface area (Å²) in [6, 6.07) is 14.3. The number of nitrogens with zero attached hydrogens (tertiary/aromatic N) is 3. The van der Waals surface area contributed by atoms with E-state index in [2.05, 4.69) is 34.7 Å². The first-order valence-corrected chi connectivity index (χ1v) is 13.9. The number of aldehydes is 1. The largest absolute Gasteiger partial charge is 0.439 e. The van der Waals surface area contributed by atoms with Crippen molar-refractivity contribution in [2.75, 3.05) is 6.61 Å². The average molecular weight is 435 g/mol. The van der Waals surface area contributed by atoms with Crippen molar-refractivity contribution in [3.8, 4) is 22.9 Å². The second-order valence-corrected chi connectivity index (χ2v) is 14.3. The van der Waals surface area contributed by atoms with Crippen LogP contribution < -0.4 is 4.74 Å². The Bertz CT molecular complexity index is 1180. The molecule has 1 N–H and O–H groups in total. The number of rotatable bonds is 9. The highest BCUT2D eigenvalue weighted by atomic mass is 28.3. The third-order valence-electron chi connectivity index (χ3n) is 4.92. The Morgan fingerprint density at radius 3 is 2.74 bits per heavy atom. The monoisotopic (exact) mass is 434 g/mol. The van der Waals surface area contributed by atoms with E-state index < -0.39 is 8.07 Å². The zero-order valence-corrected chi connectivity index (χ0v) is 19.0. The Balaban J connectivity index is 1.42. The number of fused-ring (bicyclic) bond motifs is 1. The maximum atomic E-state index is 10.9. The number of aromatic nitrogens is 4. The summed E-state index contributed by atoms with van der Waals surface area (Å²) >= 11 is 0. The topological polar surface area (TPSA) is 82.0 Å². The van der Waals surface area contributed by atoms with Crippen LogP contribution in [0.25, 0.3) is 22.2 Å². The van der Waals surface area contributed by atoms with Crippen LogP contribution in [0.2, 0.25) is 25.7 Å². The van der Waals surface area contributed by atoms with Gasteiger partial charge in [-0.05, 0) is 42.4 Å². The van der Waals surface area contributed by atoms with E-state index in [1.807, 2.05) is 41.1 Å². The molecule has 0 saturated carbocycles. The number of pyridine rings is 1. The highest BCUT2D eigenvalue weighted by molar-refractivity contribution is 6.76. The van der Waals surface area contributed by atoms with E-state index >= 15 is 0 Å². The number of ether oxygens (including phenoxy) is 2. The third-order valence-corrected chi connectivity index (χ3v) is 6.63. The molecule has 0 fully saturated rings. The summed E-state index contributed by atoms with van der Waals surface area (Å²) in [5.74, 6) is 1.15. The van der Waals surface area contributed by atoms with Gasteiger partial charge in [-0.2, -0.15) is 5.10 Å². The Morgan fingerprint density at radius 1 is 1.13 bits per heavy atom. The van der Waals surface area contributed by atoms with Crippen LogP contribution in [0.15, 0.2) is 54.9 Å². The van der Waals surface area contributed by atoms with Crippen LogP contribution >= 0.6 is 0 Å². The van der Waals surface area contributed by atoms with Crippen LogP contribution in [0.1, 0.15) is 10.5 Å². The van der Waals surface area contributed by atoms with Gasteiger partial charge in [0.05, 0.1) is 11.4 Å². The van der Waals surface area contributed by atoms with Gasteiger partial charge in [-0.3, -0.25) is 4.79 Å². The van der Waals surface area contributed by atoms with Gasteiger partial charge in [0.1, 0.15) is 12.5 Å². The molecule has 0 bridgehead atoms. The number of aromatic amines is 1. The fraction of sp³-hybridized carbons (Fsp3) is 0.261. The predicted molar refractivity (Wildman–Crippen MR) is 123 cm³/mol. The first kappa shape index (κ1) is 21.0. The predicted octanol–water partition coefficient (Wildman–Crippen LogP) is 5.34. The minimum atomic E-state index is -1.11. The van der Waals surface area contributed by atoms with Gasteiger partial charge in [0.15, 0.2) is 6.29 Å². The number of carbonyl (C=O) groups is 1. The molecule has 0 spiro atoms. The summed E-state index contributed by atoms with van der Waals surface area (Å²) in [5.41, 5.74) is 3.31. The molecule has 3 heterocycles. The highest BCUT2D eigenvalue weighted by Gasteiger charge is 2.13. The standard InChI is InChI=1S/C23H26N4O3Si/c1-31(2,3)11-10-29-16-27-22(8-9-25-27)17-4-7-23(24-14-17)30-20-5-6-21-18(13-20)12-19(15-28)26-21/h4-9,12-15,26H,10-11,16H2,1-3H3. The summed E-state index contributed by atoms with van der Waals surface area (Å²) in [6.45, 7) is 8.18. The number of hydrogen-bond donors (Lipinski definition) is 1. The molecule has 160 valence electrons. The zero-order chi connectivity index (χ0) is 21.8. The summed E-state index contributed by atoms with van der Waals surface area (Å²) in [4.78, 5) is 18.4. The molecule has 4 rings (SSSR count). The molecule has 0 saturated heterocycles. The number of carbonyl (C=O) groups excluding carboxylic acids is 1. The number of nitrogens with one attached hydrogen (secondary N) is 1. The molecule has 1 aromatic carbocycles. The summed E-state index contributed by atoms with van der Waals surface area (Å²) < 4.78 is 13.6. The second kappa shape index (κ2) is 8.87. The molecule has 0 aliphatic carbocycles. The molecule has 7 nitrogen and oxygen atoms in total. The van der Waals surface area contributed by atoms with Gasteiger partial charge >= 0.3 is 0 Å². The van der Waals surface area contributed by atoms with Crippen molar-refractivity contribution in [2.24, 2.45) is 0 Å². The fourth-order valence-corrected chi connectivity index (χ4v) is 3.94. The Labute approximate surface area is 182 Å². The normalized spacial score (nSPS) is 11.7. The van der Waals surface area contributed by atoms with Gasteiger partial charge in [0.25, 0.3) is 0 Å². The maximum absolute atomic E-state index is 10.9. The van der Waals surface area contributed by atoms with Crippen LogP contribution in [0.4, 0.5) is 0 Å². The zero-order valence-electron chi connectivity index (χ0n) is 18.0. The van der Waals surface area contributed by atoms with Crippen molar-refractivity contribution in [2.45, 2.75) is 32.4 Å². The lowest BCUT2D eigenvalue weighted by molar-refractivity contribution is 0.0798. The average Bonchev–Trinajstić information content (AvgIpc) is 3.37. The minimum absolute atomic E-state index is 0.421. The Kier molecular flexibility index (Phi) is 6.01. The van der Waals surface area contributed by atoms with E-state index in [-0.39, 0.29) is 0 Å². The van der Waals surface area contributed by atoms with Crippen molar-refractivity contribution in [3.63, 3.8) is 0 Å². The molecule has 31 heavy (non-hydrogen) atoms. The molecule has 4 aromatic rings. The maximum Gasteiger partial charge on any atom is 0.219 e. The van der Waals surface area contributed by atoms with Crippen LogP contribution in [-0.2, 0) is 11.5 Å². The van der Waals surface area contributed by atoms with Gasteiger partial charge < -0.3 is 14.5 Å². The lowest BCUT2D eigenvalue weighted by atomic mass is 10.2. The SMILES string of the molecule is C[Si](C)(C)CCOCn1nccc1-c1ccc(Oc2ccc3[nH]c(C=O)cc3c2)nc1. The van der Waals surface area contributed by atoms with Crippen LogP contribution in [0, 0.1) is 0 Å². The summed E-state index contributed by atoms with van der Waals surface area (Å²) in [7, 11) is -1.11. The van der Waals surface area contributed by atoms with E-state index in [1.54, 1.807) is 18.5 Å². The van der Waals surface area contributed by atoms with Crippen molar-refractivity contribution in [1.29, 1.82) is 0 Å². The van der Waals surface area contributed by atoms with Crippen molar-refractivity contribution < 1.29 is 14.3 Å². The molecule has 0 radical (unpaired) electrons. The van der Waals surface area contributed by atoms with Gasteiger partial charge in [0, 0.05) is 49.6 Å². The van der Waals surface area contributed by atoms with E-state index in [4.69, 9.17) is 9.47 Å². The molecule has 8 heteroatoms. The molecule has 0 amide bonds. The third kappa shape index (κ3) is 5.28. The van der Waals surface area contributed by atoms with E-state index in [9.17, 15) is 4.79 Å². The van der Waals surface area contributed by atoms with Crippen molar-refractivity contribution in [1.82, 2.24) is 19.7 Å². The van der Waals surface area contributed by atoms with E-state index in [1.165, 1.54) is 0 Å². The summed E-state index contributed by atoms with van der Waals surface area (Å²) in [6.07, 6.45) is 4.33. The smallest absolute Gasteiger partial charge is 0.219 e. The molecule has 0 aliphatic heterocycles. The lowest BCUT2D eigenvalue weighted by Gasteiger charge is -2.16. The molecule has 0 aliphatic rings. The molecular formula is C23H26N4O3Si. The minimum Gasteiger partial charge on any atom is -0.439 e. The van der Waals surface area contributed by atoms with E-state index in [0.717, 1.165) is 41.1 Å². The lowest BCUT2D eigenvalue weighted by Crippen LogP contribution is -2.22. The fourth-order valence-electron chi connectivity index (χ4n) is 3.18. The number of hydrogen-bond acceptors (Lipinski definition) is 5. The second-order valence-electron chi connectivity index (χ2n) is 8.64. The van der Waals surface area contributed by atoms with Crippen LogP contribution in [-0.4, -0.2) is 40.7 Å². The van der Waals surface area contributed by atoms with Gasteiger partial charge in [0.2, 0.25) is 5.88 Å². The first-order valence-electron chi connectivity index (χ1n) is 10.2. The number of H-pyrrole nitrogens is 1. The van der Waals surface area contributed by atoms with E-state index in [0.29, 0.717) is 24.1 Å². The Morgan fingerprint density at radius 2 is 2.00 bits per heavy atom. The summed E-state index contributed by atoms with van der Waals surface area (Å²) in [5, 5.41) is 5.28. The molecular weight excluding hydrogens is 408 g/mol. The molecule has 0 atom stereocenters. The highest BCUT2D eigenvalue weighted by Crippen LogP contribution is 2.26. The molecule has 0 unspecified atom stereocenters. The van der Waals surface area contributed by atoms with Gasteiger partial charge in [-0.1, -0.05) is 19.6 Å². The van der Waals surface area contributed by atoms with Crippen LogP contribution in [0.3, 0.4) is 0 Å². The number of benzene rings is 1. The first-order chi connectivity index (χ1) is 14.9. The van der Waals surface area contributed by atoms with Crippen molar-refractivity contribution >= 4 is 25.3 Å². The Hall–Kier alpha value is -3.23.